The molecule has 0 bridgehead atoms. The first kappa shape index (κ1) is 10.7. The lowest BCUT2D eigenvalue weighted by Gasteiger charge is -2.08. The number of aromatic nitrogens is 1. The molecule has 4 heteroatoms. The van der Waals surface area contributed by atoms with Crippen LogP contribution in [0, 0.1) is 0 Å². The van der Waals surface area contributed by atoms with Crippen LogP contribution in [0.5, 0.6) is 0 Å². The number of nitrogens with zero attached hydrogens (tertiary/aromatic N) is 1. The van der Waals surface area contributed by atoms with Gasteiger partial charge < -0.3 is 9.84 Å². The smallest absolute Gasteiger partial charge is 0.308 e. The molecule has 1 heterocycles. The van der Waals surface area contributed by atoms with Crippen molar-refractivity contribution in [2.75, 3.05) is 6.61 Å². The zero-order valence-electron chi connectivity index (χ0n) is 8.01. The molecule has 1 aromatic rings. The fourth-order valence-electron chi connectivity index (χ4n) is 1.07. The van der Waals surface area contributed by atoms with Gasteiger partial charge in [0.05, 0.1) is 19.1 Å². The highest BCUT2D eigenvalue weighted by Gasteiger charge is 2.13. The molecule has 0 aliphatic heterocycles. The van der Waals surface area contributed by atoms with Crippen molar-refractivity contribution in [1.82, 2.24) is 4.98 Å². The zero-order chi connectivity index (χ0) is 10.4. The van der Waals surface area contributed by atoms with Crippen molar-refractivity contribution in [3.63, 3.8) is 0 Å². The number of esters is 1. The maximum atomic E-state index is 11.0. The van der Waals surface area contributed by atoms with E-state index in [0.29, 0.717) is 12.2 Å². The summed E-state index contributed by atoms with van der Waals surface area (Å²) in [6.45, 7) is 2.06. The molecule has 0 unspecified atom stereocenters. The minimum absolute atomic E-state index is 0.0282. The topological polar surface area (TPSA) is 59.4 Å². The molecule has 0 fully saturated rings. The van der Waals surface area contributed by atoms with Gasteiger partial charge >= 0.3 is 5.97 Å². The maximum Gasteiger partial charge on any atom is 0.308 e. The van der Waals surface area contributed by atoms with Gasteiger partial charge in [-0.1, -0.05) is 6.07 Å². The van der Waals surface area contributed by atoms with Crippen molar-refractivity contribution < 1.29 is 14.6 Å². The van der Waals surface area contributed by atoms with Crippen LogP contribution in [0.25, 0.3) is 0 Å². The number of carbonyl (C=O) groups excluding carboxylic acids is 1. The Balaban J connectivity index is 2.50. The molecule has 1 rings (SSSR count). The van der Waals surface area contributed by atoms with Crippen LogP contribution in [0.3, 0.4) is 0 Å². The van der Waals surface area contributed by atoms with E-state index in [-0.39, 0.29) is 6.42 Å². The summed E-state index contributed by atoms with van der Waals surface area (Å²) in [5, 5.41) is 9.58. The van der Waals surface area contributed by atoms with Crippen molar-refractivity contribution in [2.24, 2.45) is 0 Å². The Morgan fingerprint density at radius 3 is 3.07 bits per heavy atom. The molecule has 0 saturated heterocycles. The summed E-state index contributed by atoms with van der Waals surface area (Å²) in [5.74, 6) is -0.399. The van der Waals surface area contributed by atoms with E-state index in [2.05, 4.69) is 4.98 Å². The molecule has 0 aliphatic rings. The van der Waals surface area contributed by atoms with Crippen LogP contribution in [0.2, 0.25) is 0 Å². The first-order chi connectivity index (χ1) is 6.74. The lowest BCUT2D eigenvalue weighted by atomic mass is 10.1. The Morgan fingerprint density at radius 1 is 1.71 bits per heavy atom. The summed E-state index contributed by atoms with van der Waals surface area (Å²) in [4.78, 5) is 14.9. The predicted molar refractivity (Wildman–Crippen MR) is 50.4 cm³/mol. The highest BCUT2D eigenvalue weighted by Crippen LogP contribution is 2.15. The van der Waals surface area contributed by atoms with Crippen LogP contribution in [-0.4, -0.2) is 22.7 Å². The third-order valence-corrected chi connectivity index (χ3v) is 1.73. The van der Waals surface area contributed by atoms with Crippen LogP contribution in [0.1, 0.15) is 25.0 Å². The summed E-state index contributed by atoms with van der Waals surface area (Å²) in [5.41, 5.74) is 0.626. The van der Waals surface area contributed by atoms with Crippen molar-refractivity contribution in [2.45, 2.75) is 19.4 Å². The third kappa shape index (κ3) is 3.14. The van der Waals surface area contributed by atoms with E-state index in [1.165, 1.54) is 6.20 Å². The zero-order valence-corrected chi connectivity index (χ0v) is 8.01. The molecule has 4 nitrogen and oxygen atoms in total. The van der Waals surface area contributed by atoms with Gasteiger partial charge in [-0.15, -0.1) is 0 Å². The number of carbonyl (C=O) groups is 1. The fraction of sp³-hybridized carbons (Fsp3) is 0.400. The number of hydrogen-bond donors (Lipinski definition) is 1. The Hall–Kier alpha value is -1.42. The number of ether oxygens (including phenoxy) is 1. The SMILES string of the molecule is CCOC(=O)C[C@@H](O)c1cccnc1. The molecule has 1 aromatic heterocycles. The van der Waals surface area contributed by atoms with E-state index in [0.717, 1.165) is 0 Å². The second-order valence-electron chi connectivity index (χ2n) is 2.81. The Labute approximate surface area is 82.5 Å². The van der Waals surface area contributed by atoms with E-state index in [1.807, 2.05) is 0 Å². The molecule has 0 amide bonds. The number of aliphatic hydroxyl groups is 1. The second-order valence-corrected chi connectivity index (χ2v) is 2.81. The van der Waals surface area contributed by atoms with Crippen LogP contribution in [-0.2, 0) is 9.53 Å². The van der Waals surface area contributed by atoms with Gasteiger partial charge in [0.2, 0.25) is 0 Å². The molecule has 0 aromatic carbocycles. The van der Waals surface area contributed by atoms with Gasteiger partial charge in [-0.2, -0.15) is 0 Å². The van der Waals surface area contributed by atoms with Gasteiger partial charge in [0.15, 0.2) is 0 Å². The molecular weight excluding hydrogens is 182 g/mol. The van der Waals surface area contributed by atoms with E-state index < -0.39 is 12.1 Å². The third-order valence-electron chi connectivity index (χ3n) is 1.73. The minimum Gasteiger partial charge on any atom is -0.466 e. The first-order valence-electron chi connectivity index (χ1n) is 4.47. The summed E-state index contributed by atoms with van der Waals surface area (Å²) < 4.78 is 4.71. The maximum absolute atomic E-state index is 11.0. The summed E-state index contributed by atoms with van der Waals surface area (Å²) >= 11 is 0. The van der Waals surface area contributed by atoms with Gasteiger partial charge in [-0.25, -0.2) is 0 Å². The molecular formula is C10H13NO3. The lowest BCUT2D eigenvalue weighted by molar-refractivity contribution is -0.145. The lowest BCUT2D eigenvalue weighted by Crippen LogP contribution is -2.10. The van der Waals surface area contributed by atoms with Gasteiger partial charge in [0.25, 0.3) is 0 Å². The monoisotopic (exact) mass is 195 g/mol. The quantitative estimate of drug-likeness (QED) is 0.730. The molecule has 0 aliphatic carbocycles. The van der Waals surface area contributed by atoms with E-state index >= 15 is 0 Å². The molecule has 14 heavy (non-hydrogen) atoms. The van der Waals surface area contributed by atoms with Crippen molar-refractivity contribution in [3.05, 3.63) is 30.1 Å². The molecule has 0 radical (unpaired) electrons. The molecule has 0 spiro atoms. The van der Waals surface area contributed by atoms with Crippen molar-refractivity contribution in [1.29, 1.82) is 0 Å². The molecule has 76 valence electrons. The van der Waals surface area contributed by atoms with Gasteiger partial charge in [-0.05, 0) is 18.6 Å². The van der Waals surface area contributed by atoms with E-state index in [1.54, 1.807) is 25.3 Å². The average molecular weight is 195 g/mol. The molecule has 1 N–H and O–H groups in total. The average Bonchev–Trinajstić information content (AvgIpc) is 2.19. The van der Waals surface area contributed by atoms with E-state index in [4.69, 9.17) is 4.74 Å². The second kappa shape index (κ2) is 5.34. The van der Waals surface area contributed by atoms with Gasteiger partial charge in [-0.3, -0.25) is 9.78 Å². The number of hydrogen-bond acceptors (Lipinski definition) is 4. The van der Waals surface area contributed by atoms with E-state index in [9.17, 15) is 9.90 Å². The largest absolute Gasteiger partial charge is 0.466 e. The normalized spacial score (nSPS) is 12.1. The molecule has 1 atom stereocenters. The van der Waals surface area contributed by atoms with Crippen LogP contribution in [0.4, 0.5) is 0 Å². The van der Waals surface area contributed by atoms with Crippen molar-refractivity contribution >= 4 is 5.97 Å². The predicted octanol–water partition coefficient (Wildman–Crippen LogP) is 1.07. The highest BCUT2D eigenvalue weighted by molar-refractivity contribution is 5.70. The summed E-state index contributed by atoms with van der Waals surface area (Å²) in [6, 6.07) is 3.43. The number of aliphatic hydroxyl groups excluding tert-OH is 1. The number of rotatable bonds is 4. The Kier molecular flexibility index (Phi) is 4.07. The fourth-order valence-corrected chi connectivity index (χ4v) is 1.07. The minimum atomic E-state index is -0.831. The summed E-state index contributed by atoms with van der Waals surface area (Å²) in [6.07, 6.45) is 2.28. The summed E-state index contributed by atoms with van der Waals surface area (Å²) in [7, 11) is 0. The standard InChI is InChI=1S/C10H13NO3/c1-2-14-10(13)6-9(12)8-4-3-5-11-7-8/h3-5,7,9,12H,2,6H2,1H3/t9-/m1/s1. The van der Waals surface area contributed by atoms with Crippen LogP contribution >= 0.6 is 0 Å². The Morgan fingerprint density at radius 2 is 2.50 bits per heavy atom. The highest BCUT2D eigenvalue weighted by atomic mass is 16.5. The molecule has 0 saturated carbocycles. The first-order valence-corrected chi connectivity index (χ1v) is 4.47. The number of pyridine rings is 1. The van der Waals surface area contributed by atoms with Crippen molar-refractivity contribution in [3.8, 4) is 0 Å². The van der Waals surface area contributed by atoms with Crippen LogP contribution in [0.15, 0.2) is 24.5 Å². The Bertz CT molecular complexity index is 287. The van der Waals surface area contributed by atoms with Crippen LogP contribution < -0.4 is 0 Å². The van der Waals surface area contributed by atoms with Gasteiger partial charge in [0.1, 0.15) is 0 Å². The van der Waals surface area contributed by atoms with Gasteiger partial charge in [0, 0.05) is 12.4 Å².